The van der Waals surface area contributed by atoms with Crippen LogP contribution in [-0.2, 0) is 27.7 Å². The lowest BCUT2D eigenvalue weighted by Crippen LogP contribution is -2.50. The molecule has 1 atom stereocenters. The molecule has 1 amide bonds. The van der Waals surface area contributed by atoms with Gasteiger partial charge in [0, 0.05) is 12.1 Å². The summed E-state index contributed by atoms with van der Waals surface area (Å²) in [5.74, 6) is -2.81. The number of halogens is 3. The molecule has 0 aliphatic rings. The first-order valence-electron chi connectivity index (χ1n) is 12.1. The Balaban J connectivity index is 1.90. The number of rotatable bonds is 14. The Morgan fingerprint density at radius 1 is 1.05 bits per heavy atom. The molecule has 0 bridgehead atoms. The van der Waals surface area contributed by atoms with Crippen molar-refractivity contribution in [3.8, 4) is 11.5 Å². The summed E-state index contributed by atoms with van der Waals surface area (Å²) in [7, 11) is -2.04. The first-order valence-corrected chi connectivity index (χ1v) is 13.8. The molecule has 0 aliphatic heterocycles. The van der Waals surface area contributed by atoms with Gasteiger partial charge in [0.2, 0.25) is 15.9 Å². The van der Waals surface area contributed by atoms with Crippen molar-refractivity contribution in [1.82, 2.24) is 10.0 Å². The number of aryl methyl sites for hydroxylation is 1. The van der Waals surface area contributed by atoms with Crippen molar-refractivity contribution in [1.29, 1.82) is 0 Å². The molecule has 0 heterocycles. The number of amides is 1. The molecule has 0 radical (unpaired) electrons. The molecular weight excluding hydrogens is 509 g/mol. The Bertz CT molecular complexity index is 1190. The van der Waals surface area contributed by atoms with E-state index in [9.17, 15) is 26.4 Å². The van der Waals surface area contributed by atoms with Crippen LogP contribution in [-0.4, -0.2) is 46.4 Å². The second-order valence-electron chi connectivity index (χ2n) is 8.99. The van der Waals surface area contributed by atoms with Gasteiger partial charge in [-0.1, -0.05) is 19.9 Å². The largest absolute Gasteiger partial charge is 0.493 e. The van der Waals surface area contributed by atoms with E-state index in [0.29, 0.717) is 30.9 Å². The van der Waals surface area contributed by atoms with E-state index < -0.39 is 39.4 Å². The van der Waals surface area contributed by atoms with Crippen LogP contribution < -0.4 is 19.5 Å². The Morgan fingerprint density at radius 2 is 1.76 bits per heavy atom. The SMILES string of the molecule is CCS(=O)(=O)NC(C(=O)NCCc1ccc(OCCCc2cc(F)c(F)c(C)c2F)c(OC)c1)C(C)C. The first-order chi connectivity index (χ1) is 17.4. The molecule has 2 rings (SSSR count). The third-order valence-corrected chi connectivity index (χ3v) is 7.25. The summed E-state index contributed by atoms with van der Waals surface area (Å²) in [6, 6.07) is 5.29. The van der Waals surface area contributed by atoms with E-state index in [4.69, 9.17) is 9.47 Å². The van der Waals surface area contributed by atoms with Crippen molar-refractivity contribution in [3.63, 3.8) is 0 Å². The minimum absolute atomic E-state index is 0.0894. The number of ether oxygens (including phenoxy) is 2. The topological polar surface area (TPSA) is 93.7 Å². The summed E-state index contributed by atoms with van der Waals surface area (Å²) in [5, 5.41) is 2.77. The maximum atomic E-state index is 14.2. The van der Waals surface area contributed by atoms with E-state index in [1.165, 1.54) is 21.0 Å². The fourth-order valence-electron chi connectivity index (χ4n) is 3.62. The predicted molar refractivity (Wildman–Crippen MR) is 136 cm³/mol. The molecule has 2 aromatic carbocycles. The van der Waals surface area contributed by atoms with Crippen molar-refractivity contribution >= 4 is 15.9 Å². The van der Waals surface area contributed by atoms with E-state index in [0.717, 1.165) is 11.6 Å². The third-order valence-electron chi connectivity index (χ3n) is 5.88. The zero-order chi connectivity index (χ0) is 27.8. The van der Waals surface area contributed by atoms with Crippen molar-refractivity contribution in [2.24, 2.45) is 5.92 Å². The number of nitrogens with one attached hydrogen (secondary N) is 2. The highest BCUT2D eigenvalue weighted by atomic mass is 32.2. The maximum Gasteiger partial charge on any atom is 0.238 e. The van der Waals surface area contributed by atoms with Gasteiger partial charge in [0.1, 0.15) is 11.9 Å². The molecular formula is C26H35F3N2O5S. The summed E-state index contributed by atoms with van der Waals surface area (Å²) >= 11 is 0. The van der Waals surface area contributed by atoms with Gasteiger partial charge in [0.05, 0.1) is 19.5 Å². The van der Waals surface area contributed by atoms with Gasteiger partial charge >= 0.3 is 0 Å². The smallest absolute Gasteiger partial charge is 0.238 e. The fraction of sp³-hybridized carbons (Fsp3) is 0.500. The lowest BCUT2D eigenvalue weighted by atomic mass is 10.0. The number of hydrogen-bond acceptors (Lipinski definition) is 5. The number of carbonyl (C=O) groups excluding carboxylic acids is 1. The molecule has 37 heavy (non-hydrogen) atoms. The van der Waals surface area contributed by atoms with Gasteiger partial charge in [-0.3, -0.25) is 4.79 Å². The van der Waals surface area contributed by atoms with Crippen LogP contribution in [0.1, 0.15) is 43.9 Å². The van der Waals surface area contributed by atoms with Crippen LogP contribution in [0.4, 0.5) is 13.2 Å². The number of carbonyl (C=O) groups is 1. The van der Waals surface area contributed by atoms with Crippen molar-refractivity contribution in [3.05, 3.63) is 58.4 Å². The molecule has 11 heteroatoms. The Hall–Kier alpha value is -2.79. The van der Waals surface area contributed by atoms with Crippen LogP contribution in [0.3, 0.4) is 0 Å². The lowest BCUT2D eigenvalue weighted by Gasteiger charge is -2.21. The monoisotopic (exact) mass is 544 g/mol. The van der Waals surface area contributed by atoms with E-state index in [2.05, 4.69) is 10.0 Å². The number of methoxy groups -OCH3 is 1. The first kappa shape index (κ1) is 30.4. The predicted octanol–water partition coefficient (Wildman–Crippen LogP) is 4.06. The zero-order valence-corrected chi connectivity index (χ0v) is 22.6. The highest BCUT2D eigenvalue weighted by Crippen LogP contribution is 2.28. The maximum absolute atomic E-state index is 14.2. The highest BCUT2D eigenvalue weighted by molar-refractivity contribution is 7.89. The minimum Gasteiger partial charge on any atom is -0.493 e. The summed E-state index contributed by atoms with van der Waals surface area (Å²) in [6.45, 7) is 6.72. The molecule has 206 valence electrons. The Labute approximate surface area is 216 Å². The standard InChI is InChI=1S/C26H35F3N2O5S/c1-6-37(33,34)31-25(16(2)3)26(32)30-12-11-18-9-10-21(22(14-18)35-5)36-13-7-8-19-15-20(27)24(29)17(4)23(19)28/h9-10,14-16,25,31H,6-8,11-13H2,1-5H3,(H,30,32). The van der Waals surface area contributed by atoms with Crippen molar-refractivity contribution in [2.45, 2.75) is 53.0 Å². The molecule has 7 nitrogen and oxygen atoms in total. The number of benzene rings is 2. The lowest BCUT2D eigenvalue weighted by molar-refractivity contribution is -0.123. The fourth-order valence-corrected chi connectivity index (χ4v) is 4.55. The van der Waals surface area contributed by atoms with Gasteiger partial charge in [0.15, 0.2) is 23.1 Å². The minimum atomic E-state index is -3.52. The van der Waals surface area contributed by atoms with E-state index in [-0.39, 0.29) is 35.8 Å². The van der Waals surface area contributed by atoms with Crippen LogP contribution in [0.15, 0.2) is 24.3 Å². The van der Waals surface area contributed by atoms with Crippen LogP contribution in [0, 0.1) is 30.3 Å². The summed E-state index contributed by atoms with van der Waals surface area (Å²) in [6.07, 6.45) is 1.02. The summed E-state index contributed by atoms with van der Waals surface area (Å²) in [4.78, 5) is 12.5. The molecule has 0 fully saturated rings. The molecule has 1 unspecified atom stereocenters. The molecule has 0 aromatic heterocycles. The van der Waals surface area contributed by atoms with E-state index in [1.54, 1.807) is 26.0 Å². The van der Waals surface area contributed by atoms with Crippen LogP contribution in [0.5, 0.6) is 11.5 Å². The molecule has 2 aromatic rings. The summed E-state index contributed by atoms with van der Waals surface area (Å²) in [5.41, 5.74) is 0.608. The van der Waals surface area contributed by atoms with Gasteiger partial charge < -0.3 is 14.8 Å². The number of hydrogen-bond donors (Lipinski definition) is 2. The molecule has 2 N–H and O–H groups in total. The van der Waals surface area contributed by atoms with Gasteiger partial charge in [-0.05, 0) is 68.4 Å². The Morgan fingerprint density at radius 3 is 2.38 bits per heavy atom. The van der Waals surface area contributed by atoms with Gasteiger partial charge in [0.25, 0.3) is 0 Å². The normalized spacial score (nSPS) is 12.5. The van der Waals surface area contributed by atoms with Crippen molar-refractivity contribution < 1.29 is 35.9 Å². The Kier molecular flexibility index (Phi) is 11.2. The second-order valence-corrected chi connectivity index (χ2v) is 11.0. The second kappa shape index (κ2) is 13.7. The van der Waals surface area contributed by atoms with Crippen molar-refractivity contribution in [2.75, 3.05) is 26.0 Å². The van der Waals surface area contributed by atoms with Gasteiger partial charge in [-0.15, -0.1) is 0 Å². The van der Waals surface area contributed by atoms with E-state index in [1.807, 2.05) is 6.07 Å². The summed E-state index contributed by atoms with van der Waals surface area (Å²) < 4.78 is 78.5. The quantitative estimate of drug-likeness (QED) is 0.277. The van der Waals surface area contributed by atoms with Crippen LogP contribution >= 0.6 is 0 Å². The van der Waals surface area contributed by atoms with Crippen LogP contribution in [0.2, 0.25) is 0 Å². The average Bonchev–Trinajstić information content (AvgIpc) is 2.86. The molecule has 0 saturated carbocycles. The molecule has 0 saturated heterocycles. The average molecular weight is 545 g/mol. The van der Waals surface area contributed by atoms with Gasteiger partial charge in [-0.2, -0.15) is 0 Å². The molecule has 0 aliphatic carbocycles. The molecule has 0 spiro atoms. The van der Waals surface area contributed by atoms with E-state index >= 15 is 0 Å². The number of sulfonamides is 1. The van der Waals surface area contributed by atoms with Gasteiger partial charge in [-0.25, -0.2) is 26.3 Å². The highest BCUT2D eigenvalue weighted by Gasteiger charge is 2.26. The third kappa shape index (κ3) is 8.63. The zero-order valence-electron chi connectivity index (χ0n) is 21.8. The van der Waals surface area contributed by atoms with Crippen LogP contribution in [0.25, 0.3) is 0 Å².